The van der Waals surface area contributed by atoms with Crippen molar-refractivity contribution in [1.29, 1.82) is 0 Å². The molecule has 0 amide bonds. The van der Waals surface area contributed by atoms with Crippen molar-refractivity contribution < 1.29 is 27.4 Å². The van der Waals surface area contributed by atoms with E-state index in [0.717, 1.165) is 0 Å². The van der Waals surface area contributed by atoms with E-state index in [4.69, 9.17) is 0 Å². The van der Waals surface area contributed by atoms with Gasteiger partial charge in [0, 0.05) is 6.08 Å². The van der Waals surface area contributed by atoms with Gasteiger partial charge in [0.2, 0.25) is 0 Å². The van der Waals surface area contributed by atoms with Crippen molar-refractivity contribution in [3.63, 3.8) is 0 Å². The van der Waals surface area contributed by atoms with Crippen molar-refractivity contribution in [2.45, 2.75) is 13.3 Å². The maximum atomic E-state index is 11.9. The molecule has 0 spiro atoms. The summed E-state index contributed by atoms with van der Waals surface area (Å²) in [6.07, 6.45) is -3.46. The summed E-state index contributed by atoms with van der Waals surface area (Å²) in [6.45, 7) is 1.65. The normalized spacial score (nSPS) is 12.2. The molecule has 0 N–H and O–H groups in total. The molecule has 1 aromatic rings. The minimum absolute atomic E-state index is 0.308. The highest BCUT2D eigenvalue weighted by molar-refractivity contribution is 5.90. The molecule has 0 bridgehead atoms. The van der Waals surface area contributed by atoms with Crippen LogP contribution in [0.2, 0.25) is 0 Å². The van der Waals surface area contributed by atoms with Crippen molar-refractivity contribution in [3.8, 4) is 5.75 Å². The minimum Gasteiger partial charge on any atom is -0.466 e. The highest BCUT2D eigenvalue weighted by atomic mass is 19.4. The Kier molecular flexibility index (Phi) is 4.36. The van der Waals surface area contributed by atoms with Crippen molar-refractivity contribution >= 4 is 11.5 Å². The molecule has 3 nitrogen and oxygen atoms in total. The lowest BCUT2D eigenvalue weighted by Crippen LogP contribution is -2.16. The van der Waals surface area contributed by atoms with Gasteiger partial charge in [-0.05, 0) is 30.2 Å². The number of ether oxygens (including phenoxy) is 2. The maximum Gasteiger partial charge on any atom is 0.573 e. The molecule has 0 atom stereocenters. The summed E-state index contributed by atoms with van der Waals surface area (Å²) in [6, 6.07) is 5.21. The number of methoxy groups -OCH3 is 1. The van der Waals surface area contributed by atoms with Gasteiger partial charge in [-0.25, -0.2) is 4.79 Å². The first-order valence-corrected chi connectivity index (χ1v) is 4.94. The fourth-order valence-electron chi connectivity index (χ4n) is 1.24. The smallest absolute Gasteiger partial charge is 0.466 e. The van der Waals surface area contributed by atoms with Gasteiger partial charge in [0.05, 0.1) is 7.11 Å². The van der Waals surface area contributed by atoms with Crippen LogP contribution in [0.1, 0.15) is 12.5 Å². The van der Waals surface area contributed by atoms with Gasteiger partial charge in [0.15, 0.2) is 0 Å². The summed E-state index contributed by atoms with van der Waals surface area (Å²) in [5.41, 5.74) is 1.19. The first-order chi connectivity index (χ1) is 8.31. The van der Waals surface area contributed by atoms with Crippen LogP contribution in [-0.4, -0.2) is 19.4 Å². The predicted molar refractivity (Wildman–Crippen MR) is 58.8 cm³/mol. The largest absolute Gasteiger partial charge is 0.573 e. The highest BCUT2D eigenvalue weighted by Crippen LogP contribution is 2.24. The fourth-order valence-corrected chi connectivity index (χ4v) is 1.24. The second-order valence-corrected chi connectivity index (χ2v) is 3.42. The van der Waals surface area contributed by atoms with Crippen LogP contribution in [0.3, 0.4) is 0 Å². The number of esters is 1. The van der Waals surface area contributed by atoms with Gasteiger partial charge in [-0.2, -0.15) is 0 Å². The molecule has 98 valence electrons. The Labute approximate surface area is 102 Å². The van der Waals surface area contributed by atoms with Crippen LogP contribution in [0, 0.1) is 0 Å². The van der Waals surface area contributed by atoms with E-state index in [9.17, 15) is 18.0 Å². The Hall–Kier alpha value is -1.98. The molecular weight excluding hydrogens is 249 g/mol. The zero-order valence-corrected chi connectivity index (χ0v) is 9.75. The number of carbonyl (C=O) groups is 1. The molecule has 0 radical (unpaired) electrons. The van der Waals surface area contributed by atoms with Gasteiger partial charge in [0.1, 0.15) is 5.75 Å². The van der Waals surface area contributed by atoms with E-state index >= 15 is 0 Å². The third-order valence-electron chi connectivity index (χ3n) is 2.08. The third kappa shape index (κ3) is 4.48. The molecule has 0 aliphatic rings. The van der Waals surface area contributed by atoms with Crippen LogP contribution in [-0.2, 0) is 9.53 Å². The van der Waals surface area contributed by atoms with E-state index in [1.807, 2.05) is 0 Å². The number of halogens is 3. The van der Waals surface area contributed by atoms with Crippen LogP contribution >= 0.6 is 0 Å². The topological polar surface area (TPSA) is 35.5 Å². The predicted octanol–water partition coefficient (Wildman–Crippen LogP) is 3.16. The van der Waals surface area contributed by atoms with E-state index in [2.05, 4.69) is 9.47 Å². The lowest BCUT2D eigenvalue weighted by Gasteiger charge is -2.09. The van der Waals surface area contributed by atoms with E-state index in [-0.39, 0.29) is 5.75 Å². The second kappa shape index (κ2) is 5.57. The number of benzene rings is 1. The first-order valence-electron chi connectivity index (χ1n) is 4.94. The molecular formula is C12H11F3O3. The molecule has 0 unspecified atom stereocenters. The molecule has 0 aliphatic carbocycles. The number of allylic oxidation sites excluding steroid dienone is 1. The SMILES string of the molecule is COC(=O)/C=C(\C)c1ccc(OC(F)(F)F)cc1. The quantitative estimate of drug-likeness (QED) is 0.618. The number of rotatable bonds is 3. The fraction of sp³-hybridized carbons (Fsp3) is 0.250. The van der Waals surface area contributed by atoms with E-state index in [1.54, 1.807) is 6.92 Å². The van der Waals surface area contributed by atoms with E-state index in [0.29, 0.717) is 11.1 Å². The van der Waals surface area contributed by atoms with Gasteiger partial charge >= 0.3 is 12.3 Å². The molecule has 0 saturated carbocycles. The molecule has 0 fully saturated rings. The minimum atomic E-state index is -4.71. The molecule has 1 aromatic carbocycles. The molecule has 1 rings (SSSR count). The lowest BCUT2D eigenvalue weighted by atomic mass is 10.1. The molecule has 0 aliphatic heterocycles. The first kappa shape index (κ1) is 14.1. The van der Waals surface area contributed by atoms with Gasteiger partial charge in [-0.3, -0.25) is 0 Å². The Bertz CT molecular complexity index is 447. The Morgan fingerprint density at radius 3 is 2.22 bits per heavy atom. The standard InChI is InChI=1S/C12H11F3O3/c1-8(7-11(16)17-2)9-3-5-10(6-4-9)18-12(13,14)15/h3-7H,1-2H3/b8-7+. The van der Waals surface area contributed by atoms with Crippen LogP contribution in [0.5, 0.6) is 5.75 Å². The lowest BCUT2D eigenvalue weighted by molar-refractivity contribution is -0.274. The van der Waals surface area contributed by atoms with Gasteiger partial charge < -0.3 is 9.47 Å². The van der Waals surface area contributed by atoms with Gasteiger partial charge in [0.25, 0.3) is 0 Å². The van der Waals surface area contributed by atoms with Crippen molar-refractivity contribution in [2.24, 2.45) is 0 Å². The van der Waals surface area contributed by atoms with Crippen LogP contribution in [0.15, 0.2) is 30.3 Å². The molecule has 18 heavy (non-hydrogen) atoms. The zero-order valence-electron chi connectivity index (χ0n) is 9.75. The summed E-state index contributed by atoms with van der Waals surface area (Å²) in [5.74, 6) is -0.833. The molecule has 6 heteroatoms. The van der Waals surface area contributed by atoms with E-state index < -0.39 is 12.3 Å². The summed E-state index contributed by atoms with van der Waals surface area (Å²) in [7, 11) is 1.24. The van der Waals surface area contributed by atoms with Crippen molar-refractivity contribution in [1.82, 2.24) is 0 Å². The maximum absolute atomic E-state index is 11.9. The van der Waals surface area contributed by atoms with Crippen LogP contribution in [0.4, 0.5) is 13.2 Å². The summed E-state index contributed by atoms with van der Waals surface area (Å²) >= 11 is 0. The Morgan fingerprint density at radius 2 is 1.78 bits per heavy atom. The summed E-state index contributed by atoms with van der Waals surface area (Å²) in [4.78, 5) is 11.0. The molecule has 0 heterocycles. The average Bonchev–Trinajstić information content (AvgIpc) is 2.27. The number of hydrogen-bond donors (Lipinski definition) is 0. The highest BCUT2D eigenvalue weighted by Gasteiger charge is 2.30. The summed E-state index contributed by atoms with van der Waals surface area (Å²) < 4.78 is 43.9. The zero-order chi connectivity index (χ0) is 13.8. The number of carbonyl (C=O) groups excluding carboxylic acids is 1. The van der Waals surface area contributed by atoms with E-state index in [1.165, 1.54) is 37.5 Å². The second-order valence-electron chi connectivity index (χ2n) is 3.42. The summed E-state index contributed by atoms with van der Waals surface area (Å²) in [5, 5.41) is 0. The molecule has 0 aromatic heterocycles. The average molecular weight is 260 g/mol. The number of alkyl halides is 3. The monoisotopic (exact) mass is 260 g/mol. The van der Waals surface area contributed by atoms with Crippen LogP contribution < -0.4 is 4.74 Å². The third-order valence-corrected chi connectivity index (χ3v) is 2.08. The Morgan fingerprint density at radius 1 is 1.22 bits per heavy atom. The van der Waals surface area contributed by atoms with Gasteiger partial charge in [-0.1, -0.05) is 12.1 Å². The van der Waals surface area contributed by atoms with Crippen molar-refractivity contribution in [3.05, 3.63) is 35.9 Å². The van der Waals surface area contributed by atoms with Crippen LogP contribution in [0.25, 0.3) is 5.57 Å². The number of hydrogen-bond acceptors (Lipinski definition) is 3. The van der Waals surface area contributed by atoms with Crippen molar-refractivity contribution in [2.75, 3.05) is 7.11 Å². The van der Waals surface area contributed by atoms with Gasteiger partial charge in [-0.15, -0.1) is 13.2 Å². The Balaban J connectivity index is 2.83. The molecule has 0 saturated heterocycles.